The van der Waals surface area contributed by atoms with Gasteiger partial charge in [-0.3, -0.25) is 4.79 Å². The third-order valence-electron chi connectivity index (χ3n) is 4.09. The Morgan fingerprint density at radius 3 is 2.81 bits per heavy atom. The van der Waals surface area contributed by atoms with Gasteiger partial charge >= 0.3 is 0 Å². The van der Waals surface area contributed by atoms with E-state index in [0.29, 0.717) is 18.8 Å². The molecular weight excluding hydrogens is 359 g/mol. The van der Waals surface area contributed by atoms with E-state index in [1.54, 1.807) is 13.0 Å². The van der Waals surface area contributed by atoms with Gasteiger partial charge in [0.15, 0.2) is 0 Å². The van der Waals surface area contributed by atoms with Gasteiger partial charge in [0.1, 0.15) is 11.6 Å². The number of ether oxygens (including phenoxy) is 1. The van der Waals surface area contributed by atoms with E-state index in [0.717, 1.165) is 23.8 Å². The van der Waals surface area contributed by atoms with E-state index >= 15 is 0 Å². The van der Waals surface area contributed by atoms with Crippen molar-refractivity contribution in [2.45, 2.75) is 24.3 Å². The fourth-order valence-electron chi connectivity index (χ4n) is 2.85. The van der Waals surface area contributed by atoms with Crippen molar-refractivity contribution in [1.82, 2.24) is 10.0 Å². The van der Waals surface area contributed by atoms with E-state index in [4.69, 9.17) is 4.74 Å². The molecule has 1 unspecified atom stereocenters. The molecule has 0 fully saturated rings. The fourth-order valence-corrected chi connectivity index (χ4v) is 3.91. The average molecular weight is 378 g/mol. The second kappa shape index (κ2) is 7.43. The number of amides is 1. The van der Waals surface area contributed by atoms with Crippen molar-refractivity contribution >= 4 is 15.9 Å². The van der Waals surface area contributed by atoms with Gasteiger partial charge in [0.25, 0.3) is 5.91 Å². The largest absolute Gasteiger partial charge is 0.493 e. The summed E-state index contributed by atoms with van der Waals surface area (Å²) in [4.78, 5) is 12.4. The first kappa shape index (κ1) is 18.3. The summed E-state index contributed by atoms with van der Waals surface area (Å²) in [7, 11) is -3.78. The maximum Gasteiger partial charge on any atom is 0.254 e. The molecule has 0 saturated carbocycles. The van der Waals surface area contributed by atoms with Crippen LogP contribution in [-0.2, 0) is 10.0 Å². The molecular formula is C18H19FN2O4S. The summed E-state index contributed by atoms with van der Waals surface area (Å²) < 4.78 is 46.2. The molecule has 2 N–H and O–H groups in total. The Labute approximate surface area is 151 Å². The Morgan fingerprint density at radius 2 is 2.04 bits per heavy atom. The lowest BCUT2D eigenvalue weighted by Crippen LogP contribution is -2.33. The highest BCUT2D eigenvalue weighted by Gasteiger charge is 2.25. The normalized spacial score (nSPS) is 16.5. The second-order valence-electron chi connectivity index (χ2n) is 5.84. The van der Waals surface area contributed by atoms with Crippen molar-refractivity contribution in [2.24, 2.45) is 0 Å². The standard InChI is InChI=1S/C18H19FN2O4S/c1-2-20-26(23,24)12-7-8-15(19)14(11-12)18(22)21-16-9-10-25-17-6-4-3-5-13(16)17/h3-8,11,16,20H,2,9-10H2,1H3,(H,21,22). The number of nitrogens with one attached hydrogen (secondary N) is 2. The number of para-hydroxylation sites is 1. The van der Waals surface area contributed by atoms with Gasteiger partial charge in [-0.15, -0.1) is 0 Å². The molecule has 8 heteroatoms. The van der Waals surface area contributed by atoms with Crippen molar-refractivity contribution in [3.05, 3.63) is 59.4 Å². The van der Waals surface area contributed by atoms with Crippen LogP contribution >= 0.6 is 0 Å². The highest BCUT2D eigenvalue weighted by Crippen LogP contribution is 2.31. The van der Waals surface area contributed by atoms with E-state index < -0.39 is 21.7 Å². The predicted molar refractivity (Wildman–Crippen MR) is 94.0 cm³/mol. The fraction of sp³-hybridized carbons (Fsp3) is 0.278. The van der Waals surface area contributed by atoms with Gasteiger partial charge in [-0.25, -0.2) is 17.5 Å². The van der Waals surface area contributed by atoms with Crippen LogP contribution in [-0.4, -0.2) is 27.5 Å². The number of hydrogen-bond acceptors (Lipinski definition) is 4. The van der Waals surface area contributed by atoms with Crippen molar-refractivity contribution in [1.29, 1.82) is 0 Å². The van der Waals surface area contributed by atoms with Crippen molar-refractivity contribution < 1.29 is 22.3 Å². The van der Waals surface area contributed by atoms with Crippen LogP contribution in [0, 0.1) is 5.82 Å². The molecule has 0 bridgehead atoms. The third-order valence-corrected chi connectivity index (χ3v) is 5.63. The summed E-state index contributed by atoms with van der Waals surface area (Å²) in [5.41, 5.74) is 0.497. The molecule has 2 aromatic carbocycles. The van der Waals surface area contributed by atoms with Gasteiger partial charge < -0.3 is 10.1 Å². The van der Waals surface area contributed by atoms with E-state index in [9.17, 15) is 17.6 Å². The number of benzene rings is 2. The van der Waals surface area contributed by atoms with Crippen LogP contribution in [0.1, 0.15) is 35.3 Å². The summed E-state index contributed by atoms with van der Waals surface area (Å²) >= 11 is 0. The van der Waals surface area contributed by atoms with Crippen LogP contribution in [0.25, 0.3) is 0 Å². The van der Waals surface area contributed by atoms with Crippen LogP contribution < -0.4 is 14.8 Å². The summed E-state index contributed by atoms with van der Waals surface area (Å²) in [5.74, 6) is -0.774. The van der Waals surface area contributed by atoms with Gasteiger partial charge in [0, 0.05) is 18.5 Å². The smallest absolute Gasteiger partial charge is 0.254 e. The zero-order valence-electron chi connectivity index (χ0n) is 14.2. The lowest BCUT2D eigenvalue weighted by atomic mass is 10.00. The first-order chi connectivity index (χ1) is 12.4. The van der Waals surface area contributed by atoms with Crippen molar-refractivity contribution in [2.75, 3.05) is 13.2 Å². The molecule has 0 radical (unpaired) electrons. The van der Waals surface area contributed by atoms with Gasteiger partial charge in [-0.1, -0.05) is 25.1 Å². The molecule has 1 atom stereocenters. The maximum absolute atomic E-state index is 14.1. The first-order valence-electron chi connectivity index (χ1n) is 8.24. The topological polar surface area (TPSA) is 84.5 Å². The second-order valence-corrected chi connectivity index (χ2v) is 7.61. The minimum absolute atomic E-state index is 0.154. The summed E-state index contributed by atoms with van der Waals surface area (Å²) in [6.07, 6.45) is 0.541. The van der Waals surface area contributed by atoms with Crippen LogP contribution in [0.4, 0.5) is 4.39 Å². The van der Waals surface area contributed by atoms with Crippen molar-refractivity contribution in [3.8, 4) is 5.75 Å². The number of carbonyl (C=O) groups excluding carboxylic acids is 1. The Hall–Kier alpha value is -2.45. The molecule has 0 saturated heterocycles. The average Bonchev–Trinajstić information content (AvgIpc) is 2.62. The molecule has 138 valence electrons. The lowest BCUT2D eigenvalue weighted by molar-refractivity contribution is 0.0920. The number of fused-ring (bicyclic) bond motifs is 1. The highest BCUT2D eigenvalue weighted by molar-refractivity contribution is 7.89. The Morgan fingerprint density at radius 1 is 1.27 bits per heavy atom. The Kier molecular flexibility index (Phi) is 5.24. The monoisotopic (exact) mass is 378 g/mol. The zero-order valence-corrected chi connectivity index (χ0v) is 15.0. The third kappa shape index (κ3) is 3.71. The van der Waals surface area contributed by atoms with E-state index in [1.807, 2.05) is 18.2 Å². The molecule has 1 heterocycles. The van der Waals surface area contributed by atoms with Gasteiger partial charge in [0.2, 0.25) is 10.0 Å². The van der Waals surface area contributed by atoms with Crippen LogP contribution in [0.15, 0.2) is 47.4 Å². The molecule has 1 aliphatic heterocycles. The number of halogens is 1. The quantitative estimate of drug-likeness (QED) is 0.837. The molecule has 0 aromatic heterocycles. The molecule has 1 aliphatic rings. The van der Waals surface area contributed by atoms with E-state index in [-0.39, 0.29) is 23.0 Å². The maximum atomic E-state index is 14.1. The molecule has 0 spiro atoms. The molecule has 3 rings (SSSR count). The minimum atomic E-state index is -3.78. The summed E-state index contributed by atoms with van der Waals surface area (Å²) in [6, 6.07) is 10.1. The number of hydrogen-bond donors (Lipinski definition) is 2. The highest BCUT2D eigenvalue weighted by atomic mass is 32.2. The molecule has 2 aromatic rings. The summed E-state index contributed by atoms with van der Waals surface area (Å²) in [6.45, 7) is 2.26. The van der Waals surface area contributed by atoms with Crippen LogP contribution in [0.2, 0.25) is 0 Å². The van der Waals surface area contributed by atoms with Gasteiger partial charge in [-0.05, 0) is 24.3 Å². The van der Waals surface area contributed by atoms with Gasteiger partial charge in [0.05, 0.1) is 23.1 Å². The lowest BCUT2D eigenvalue weighted by Gasteiger charge is -2.26. The predicted octanol–water partition coefficient (Wildman–Crippen LogP) is 2.38. The Bertz CT molecular complexity index is 931. The van der Waals surface area contributed by atoms with Crippen LogP contribution in [0.5, 0.6) is 5.75 Å². The number of carbonyl (C=O) groups is 1. The first-order valence-corrected chi connectivity index (χ1v) is 9.72. The zero-order chi connectivity index (χ0) is 18.7. The number of sulfonamides is 1. The van der Waals surface area contributed by atoms with E-state index in [2.05, 4.69) is 10.0 Å². The van der Waals surface area contributed by atoms with E-state index in [1.165, 1.54) is 0 Å². The molecule has 6 nitrogen and oxygen atoms in total. The van der Waals surface area contributed by atoms with Crippen molar-refractivity contribution in [3.63, 3.8) is 0 Å². The Balaban J connectivity index is 1.87. The molecule has 26 heavy (non-hydrogen) atoms. The molecule has 0 aliphatic carbocycles. The van der Waals surface area contributed by atoms with Gasteiger partial charge in [-0.2, -0.15) is 0 Å². The minimum Gasteiger partial charge on any atom is -0.493 e. The SMILES string of the molecule is CCNS(=O)(=O)c1ccc(F)c(C(=O)NC2CCOc3ccccc32)c1. The van der Waals surface area contributed by atoms with Crippen LogP contribution in [0.3, 0.4) is 0 Å². The summed E-state index contributed by atoms with van der Waals surface area (Å²) in [5, 5.41) is 2.77. The number of rotatable bonds is 5. The molecule has 1 amide bonds.